The Kier molecular flexibility index (Phi) is 1.97. The number of alkyl halides is 3. The Morgan fingerprint density at radius 1 is 1.43 bits per heavy atom. The normalized spacial score (nSPS) is 27.1. The molecule has 2 rings (SSSR count). The molecule has 1 amide bonds. The first-order chi connectivity index (χ1) is 6.48. The van der Waals surface area contributed by atoms with E-state index in [0.717, 1.165) is 0 Å². The molecule has 0 aromatic rings. The van der Waals surface area contributed by atoms with Crippen LogP contribution in [0, 0.1) is 5.92 Å². The van der Waals surface area contributed by atoms with Crippen LogP contribution in [-0.2, 0) is 4.79 Å². The van der Waals surface area contributed by atoms with Gasteiger partial charge in [0.05, 0.1) is 0 Å². The summed E-state index contributed by atoms with van der Waals surface area (Å²) < 4.78 is 37.4. The molecular formula is C9H8F3NO. The quantitative estimate of drug-likeness (QED) is 0.593. The van der Waals surface area contributed by atoms with E-state index < -0.39 is 23.6 Å². The topological polar surface area (TPSA) is 29.4 Å². The van der Waals surface area contributed by atoms with Gasteiger partial charge in [-0.2, -0.15) is 13.2 Å². The molecule has 2 aliphatic rings. The van der Waals surface area contributed by atoms with Crippen LogP contribution in [0.3, 0.4) is 0 Å². The van der Waals surface area contributed by atoms with Crippen LogP contribution in [0.15, 0.2) is 16.6 Å². The van der Waals surface area contributed by atoms with E-state index in [0.29, 0.717) is 31.1 Å². The number of dihydropyridines is 1. The van der Waals surface area contributed by atoms with Crippen molar-refractivity contribution in [3.8, 4) is 0 Å². The number of hydrogen-bond acceptors (Lipinski definition) is 1. The standard InChI is InChI=1S/C9H8F3NO/c10-9(11,12)6-4-8(14)13-7-3-1-2-5(6)7/h4-5H,1-3H2. The number of halogens is 3. The van der Waals surface area contributed by atoms with Crippen LogP contribution >= 0.6 is 0 Å². The van der Waals surface area contributed by atoms with Crippen LogP contribution in [0.2, 0.25) is 0 Å². The van der Waals surface area contributed by atoms with Crippen molar-refractivity contribution in [3.05, 3.63) is 11.6 Å². The zero-order chi connectivity index (χ0) is 10.3. The van der Waals surface area contributed by atoms with Crippen LogP contribution in [0.4, 0.5) is 13.2 Å². The highest BCUT2D eigenvalue weighted by molar-refractivity contribution is 6.07. The highest BCUT2D eigenvalue weighted by atomic mass is 19.4. The Morgan fingerprint density at radius 2 is 2.14 bits per heavy atom. The van der Waals surface area contributed by atoms with Crippen LogP contribution in [0.1, 0.15) is 19.3 Å². The summed E-state index contributed by atoms with van der Waals surface area (Å²) in [5.41, 5.74) is -0.310. The number of amides is 1. The lowest BCUT2D eigenvalue weighted by Gasteiger charge is -2.20. The average molecular weight is 203 g/mol. The van der Waals surface area contributed by atoms with Crippen molar-refractivity contribution in [1.29, 1.82) is 0 Å². The molecule has 0 aromatic carbocycles. The lowest BCUT2D eigenvalue weighted by molar-refractivity contribution is -0.116. The van der Waals surface area contributed by atoms with Gasteiger partial charge in [-0.15, -0.1) is 0 Å². The minimum absolute atomic E-state index is 0.407. The van der Waals surface area contributed by atoms with Gasteiger partial charge in [0.1, 0.15) is 0 Å². The third-order valence-corrected chi connectivity index (χ3v) is 2.56. The predicted molar refractivity (Wildman–Crippen MR) is 43.9 cm³/mol. The van der Waals surface area contributed by atoms with Gasteiger partial charge in [-0.3, -0.25) is 4.79 Å². The highest BCUT2D eigenvalue weighted by Crippen LogP contribution is 2.40. The van der Waals surface area contributed by atoms with Gasteiger partial charge in [0.25, 0.3) is 5.91 Å². The van der Waals surface area contributed by atoms with E-state index in [1.807, 2.05) is 0 Å². The Hall–Kier alpha value is -1.13. The third-order valence-electron chi connectivity index (χ3n) is 2.56. The van der Waals surface area contributed by atoms with E-state index >= 15 is 0 Å². The fourth-order valence-electron chi connectivity index (χ4n) is 1.98. The van der Waals surface area contributed by atoms with Crippen LogP contribution < -0.4 is 0 Å². The van der Waals surface area contributed by atoms with Crippen molar-refractivity contribution in [1.82, 2.24) is 0 Å². The molecule has 1 fully saturated rings. The van der Waals surface area contributed by atoms with E-state index in [1.165, 1.54) is 0 Å². The Bertz CT molecular complexity index is 340. The molecule has 1 atom stereocenters. The minimum atomic E-state index is -4.40. The number of rotatable bonds is 0. The summed E-state index contributed by atoms with van der Waals surface area (Å²) in [6, 6.07) is 0. The molecule has 0 saturated heterocycles. The van der Waals surface area contributed by atoms with E-state index in [2.05, 4.69) is 4.99 Å². The lowest BCUT2D eigenvalue weighted by Crippen LogP contribution is -2.27. The van der Waals surface area contributed by atoms with E-state index in [4.69, 9.17) is 0 Å². The van der Waals surface area contributed by atoms with E-state index in [9.17, 15) is 18.0 Å². The van der Waals surface area contributed by atoms with Gasteiger partial charge >= 0.3 is 6.18 Å². The van der Waals surface area contributed by atoms with Crippen LogP contribution in [0.25, 0.3) is 0 Å². The molecule has 1 saturated carbocycles. The second kappa shape index (κ2) is 2.93. The van der Waals surface area contributed by atoms with Crippen molar-refractivity contribution >= 4 is 11.6 Å². The number of hydrogen-bond donors (Lipinski definition) is 0. The van der Waals surface area contributed by atoms with Gasteiger partial charge in [0.15, 0.2) is 0 Å². The molecule has 1 heterocycles. The van der Waals surface area contributed by atoms with Crippen molar-refractivity contribution in [2.24, 2.45) is 10.9 Å². The third kappa shape index (κ3) is 1.47. The molecule has 14 heavy (non-hydrogen) atoms. The Morgan fingerprint density at radius 3 is 2.79 bits per heavy atom. The second-order valence-corrected chi connectivity index (χ2v) is 3.48. The number of fused-ring (bicyclic) bond motifs is 1. The summed E-state index contributed by atoms with van der Waals surface area (Å²) >= 11 is 0. The smallest absolute Gasteiger partial charge is 0.267 e. The summed E-state index contributed by atoms with van der Waals surface area (Å²) in [5, 5.41) is 0. The largest absolute Gasteiger partial charge is 0.413 e. The molecule has 2 nitrogen and oxygen atoms in total. The summed E-state index contributed by atoms with van der Waals surface area (Å²) in [4.78, 5) is 14.5. The molecule has 1 aliphatic heterocycles. The molecule has 1 unspecified atom stereocenters. The predicted octanol–water partition coefficient (Wildman–Crippen LogP) is 2.26. The SMILES string of the molecule is O=C1C=C(C(F)(F)F)C2CCCC2=N1. The Labute approximate surface area is 78.5 Å². The minimum Gasteiger partial charge on any atom is -0.267 e. The molecule has 0 aromatic heterocycles. The number of carbonyl (C=O) groups is 1. The first-order valence-corrected chi connectivity index (χ1v) is 4.38. The first-order valence-electron chi connectivity index (χ1n) is 4.38. The molecule has 0 radical (unpaired) electrons. The van der Waals surface area contributed by atoms with Crippen molar-refractivity contribution in [3.63, 3.8) is 0 Å². The van der Waals surface area contributed by atoms with Crippen molar-refractivity contribution in [2.75, 3.05) is 0 Å². The van der Waals surface area contributed by atoms with Gasteiger partial charge in [-0.25, -0.2) is 4.99 Å². The number of carbonyl (C=O) groups excluding carboxylic acids is 1. The molecule has 1 aliphatic carbocycles. The van der Waals surface area contributed by atoms with E-state index in [-0.39, 0.29) is 0 Å². The maximum absolute atomic E-state index is 12.5. The van der Waals surface area contributed by atoms with Crippen LogP contribution in [-0.4, -0.2) is 17.8 Å². The molecule has 76 valence electrons. The van der Waals surface area contributed by atoms with Gasteiger partial charge < -0.3 is 0 Å². The van der Waals surface area contributed by atoms with Crippen molar-refractivity contribution < 1.29 is 18.0 Å². The zero-order valence-electron chi connectivity index (χ0n) is 7.27. The summed E-state index contributed by atoms with van der Waals surface area (Å²) in [5.74, 6) is -1.43. The molecular weight excluding hydrogens is 195 g/mol. The van der Waals surface area contributed by atoms with E-state index in [1.54, 1.807) is 0 Å². The van der Waals surface area contributed by atoms with Crippen molar-refractivity contribution in [2.45, 2.75) is 25.4 Å². The monoisotopic (exact) mass is 203 g/mol. The maximum atomic E-state index is 12.5. The first kappa shape index (κ1) is 9.43. The lowest BCUT2D eigenvalue weighted by atomic mass is 9.93. The molecule has 0 N–H and O–H groups in total. The highest BCUT2D eigenvalue weighted by Gasteiger charge is 2.44. The number of nitrogens with zero attached hydrogens (tertiary/aromatic N) is 1. The van der Waals surface area contributed by atoms with Gasteiger partial charge in [0.2, 0.25) is 0 Å². The summed E-state index contributed by atoms with van der Waals surface area (Å²) in [6.07, 6.45) is -2.11. The van der Waals surface area contributed by atoms with Gasteiger partial charge in [-0.1, -0.05) is 0 Å². The van der Waals surface area contributed by atoms with Gasteiger partial charge in [-0.05, 0) is 19.3 Å². The fraction of sp³-hybridized carbons (Fsp3) is 0.556. The van der Waals surface area contributed by atoms with Crippen LogP contribution in [0.5, 0.6) is 0 Å². The second-order valence-electron chi connectivity index (χ2n) is 3.48. The average Bonchev–Trinajstić information content (AvgIpc) is 2.47. The number of allylic oxidation sites excluding steroid dienone is 1. The molecule has 5 heteroatoms. The maximum Gasteiger partial charge on any atom is 0.413 e. The molecule has 0 spiro atoms. The summed E-state index contributed by atoms with van der Waals surface area (Å²) in [6.45, 7) is 0. The molecule has 0 bridgehead atoms. The summed E-state index contributed by atoms with van der Waals surface area (Å²) in [7, 11) is 0. The zero-order valence-corrected chi connectivity index (χ0v) is 7.27. The van der Waals surface area contributed by atoms with Gasteiger partial charge in [0, 0.05) is 23.3 Å². The fourth-order valence-corrected chi connectivity index (χ4v) is 1.98. The Balaban J connectivity index is 2.38. The number of aliphatic imine (C=N–C) groups is 1.